The number of carbonyl (C=O) groups is 1. The summed E-state index contributed by atoms with van der Waals surface area (Å²) in [5.41, 5.74) is 6.47. The van der Waals surface area contributed by atoms with Crippen LogP contribution in [0.25, 0.3) is 0 Å². The Labute approximate surface area is 112 Å². The van der Waals surface area contributed by atoms with Crippen molar-refractivity contribution >= 4 is 5.78 Å². The molecule has 0 bridgehead atoms. The van der Waals surface area contributed by atoms with E-state index in [9.17, 15) is 4.79 Å². The Morgan fingerprint density at radius 1 is 1.21 bits per heavy atom. The quantitative estimate of drug-likeness (QED) is 0.845. The second kappa shape index (κ2) is 5.21. The predicted molar refractivity (Wildman–Crippen MR) is 71.6 cm³/mol. The number of fused-ring (bicyclic) bond motifs is 1. The molecule has 1 saturated carbocycles. The highest BCUT2D eigenvalue weighted by atomic mass is 16.6. The Hall–Kier alpha value is -1.55. The molecule has 3 rings (SSSR count). The molecule has 1 aromatic carbocycles. The van der Waals surface area contributed by atoms with Crippen LogP contribution >= 0.6 is 0 Å². The van der Waals surface area contributed by atoms with Crippen molar-refractivity contribution in [2.75, 3.05) is 19.8 Å². The van der Waals surface area contributed by atoms with E-state index in [1.54, 1.807) is 0 Å². The van der Waals surface area contributed by atoms with E-state index in [0.29, 0.717) is 31.4 Å². The maximum Gasteiger partial charge on any atom is 0.166 e. The van der Waals surface area contributed by atoms with E-state index in [0.717, 1.165) is 30.6 Å². The van der Waals surface area contributed by atoms with Gasteiger partial charge in [0.15, 0.2) is 17.3 Å². The van der Waals surface area contributed by atoms with E-state index in [1.807, 2.05) is 18.2 Å². The van der Waals surface area contributed by atoms with Gasteiger partial charge in [0.05, 0.1) is 0 Å². The fourth-order valence-corrected chi connectivity index (χ4v) is 3.07. The Morgan fingerprint density at radius 3 is 2.79 bits per heavy atom. The normalized spacial score (nSPS) is 25.3. The molecule has 2 N–H and O–H groups in total. The van der Waals surface area contributed by atoms with Crippen molar-refractivity contribution < 1.29 is 14.3 Å². The third-order valence-electron chi connectivity index (χ3n) is 4.13. The summed E-state index contributed by atoms with van der Waals surface area (Å²) in [5, 5.41) is 0. The van der Waals surface area contributed by atoms with Crippen LogP contribution < -0.4 is 15.2 Å². The van der Waals surface area contributed by atoms with Crippen molar-refractivity contribution in [3.8, 4) is 11.5 Å². The van der Waals surface area contributed by atoms with Crippen LogP contribution in [0.2, 0.25) is 0 Å². The standard InChI is InChI=1S/C15H19NO3/c16-9-11-2-1-3-12(11)15(17)10-4-5-13-14(8-10)19-7-6-18-13/h4-5,8,11-12H,1-3,6-7,9,16H2. The van der Waals surface area contributed by atoms with Crippen LogP contribution in [0, 0.1) is 11.8 Å². The number of hydrogen-bond donors (Lipinski definition) is 1. The molecule has 1 heterocycles. The number of ketones is 1. The summed E-state index contributed by atoms with van der Waals surface area (Å²) >= 11 is 0. The molecule has 19 heavy (non-hydrogen) atoms. The van der Waals surface area contributed by atoms with Crippen molar-refractivity contribution in [2.24, 2.45) is 17.6 Å². The fraction of sp³-hybridized carbons (Fsp3) is 0.533. The van der Waals surface area contributed by atoms with Crippen molar-refractivity contribution in [1.82, 2.24) is 0 Å². The monoisotopic (exact) mass is 261 g/mol. The van der Waals surface area contributed by atoms with E-state index < -0.39 is 0 Å². The molecule has 102 valence electrons. The first kappa shape index (κ1) is 12.5. The molecule has 1 aliphatic carbocycles. The summed E-state index contributed by atoms with van der Waals surface area (Å²) in [6.07, 6.45) is 3.12. The first-order valence-corrected chi connectivity index (χ1v) is 6.93. The SMILES string of the molecule is NCC1CCCC1C(=O)c1ccc2c(c1)OCCO2. The summed E-state index contributed by atoms with van der Waals surface area (Å²) in [6.45, 7) is 1.71. The van der Waals surface area contributed by atoms with Gasteiger partial charge in [0.25, 0.3) is 0 Å². The van der Waals surface area contributed by atoms with Gasteiger partial charge >= 0.3 is 0 Å². The van der Waals surface area contributed by atoms with Gasteiger partial charge in [0.1, 0.15) is 13.2 Å². The number of ether oxygens (including phenoxy) is 2. The van der Waals surface area contributed by atoms with Crippen LogP contribution in [-0.2, 0) is 0 Å². The van der Waals surface area contributed by atoms with Crippen molar-refractivity contribution in [3.63, 3.8) is 0 Å². The summed E-state index contributed by atoms with van der Waals surface area (Å²) in [7, 11) is 0. The van der Waals surface area contributed by atoms with E-state index in [1.165, 1.54) is 0 Å². The molecular weight excluding hydrogens is 242 g/mol. The van der Waals surface area contributed by atoms with Crippen LogP contribution in [0.15, 0.2) is 18.2 Å². The molecule has 0 spiro atoms. The Bertz CT molecular complexity index is 486. The summed E-state index contributed by atoms with van der Waals surface area (Å²) in [5.74, 6) is 2.02. The highest BCUT2D eigenvalue weighted by molar-refractivity contribution is 5.98. The van der Waals surface area contributed by atoms with Gasteiger partial charge in [-0.05, 0) is 43.5 Å². The second-order valence-corrected chi connectivity index (χ2v) is 5.26. The summed E-state index contributed by atoms with van der Waals surface area (Å²) in [4.78, 5) is 12.6. The molecule has 0 saturated heterocycles. The number of rotatable bonds is 3. The van der Waals surface area contributed by atoms with Crippen molar-refractivity contribution in [2.45, 2.75) is 19.3 Å². The van der Waals surface area contributed by atoms with Crippen LogP contribution in [0.1, 0.15) is 29.6 Å². The minimum absolute atomic E-state index is 0.0764. The lowest BCUT2D eigenvalue weighted by atomic mass is 9.88. The van der Waals surface area contributed by atoms with Crippen LogP contribution in [0.4, 0.5) is 0 Å². The van der Waals surface area contributed by atoms with Crippen molar-refractivity contribution in [3.05, 3.63) is 23.8 Å². The minimum atomic E-state index is 0.0764. The van der Waals surface area contributed by atoms with Gasteiger partial charge in [-0.1, -0.05) is 6.42 Å². The van der Waals surface area contributed by atoms with E-state index in [2.05, 4.69) is 0 Å². The molecule has 0 amide bonds. The highest BCUT2D eigenvalue weighted by Crippen LogP contribution is 2.36. The van der Waals surface area contributed by atoms with E-state index in [4.69, 9.17) is 15.2 Å². The zero-order valence-electron chi connectivity index (χ0n) is 10.9. The highest BCUT2D eigenvalue weighted by Gasteiger charge is 2.32. The molecule has 4 heteroatoms. The first-order valence-electron chi connectivity index (χ1n) is 6.93. The van der Waals surface area contributed by atoms with E-state index in [-0.39, 0.29) is 11.7 Å². The third-order valence-corrected chi connectivity index (χ3v) is 4.13. The second-order valence-electron chi connectivity index (χ2n) is 5.26. The number of nitrogens with two attached hydrogens (primary N) is 1. The maximum absolute atomic E-state index is 12.6. The molecule has 0 aromatic heterocycles. The number of benzene rings is 1. The first-order chi connectivity index (χ1) is 9.29. The molecular formula is C15H19NO3. The molecule has 2 atom stereocenters. The van der Waals surface area contributed by atoms with Crippen molar-refractivity contribution in [1.29, 1.82) is 0 Å². The van der Waals surface area contributed by atoms with E-state index >= 15 is 0 Å². The molecule has 2 unspecified atom stereocenters. The lowest BCUT2D eigenvalue weighted by molar-refractivity contribution is 0.0892. The molecule has 1 aliphatic heterocycles. The number of carbonyl (C=O) groups excluding carboxylic acids is 1. The predicted octanol–water partition coefficient (Wildman–Crippen LogP) is 2.02. The molecule has 1 fully saturated rings. The Morgan fingerprint density at radius 2 is 2.00 bits per heavy atom. The average Bonchev–Trinajstić information content (AvgIpc) is 2.94. The third kappa shape index (κ3) is 2.32. The van der Waals surface area contributed by atoms with Crippen LogP contribution in [0.3, 0.4) is 0 Å². The summed E-state index contributed by atoms with van der Waals surface area (Å²) < 4.78 is 11.0. The lowest BCUT2D eigenvalue weighted by Crippen LogP contribution is -2.25. The van der Waals surface area contributed by atoms with Gasteiger partial charge in [-0.3, -0.25) is 4.79 Å². The Balaban J connectivity index is 1.83. The van der Waals surface area contributed by atoms with Gasteiger partial charge in [-0.15, -0.1) is 0 Å². The fourth-order valence-electron chi connectivity index (χ4n) is 3.07. The van der Waals surface area contributed by atoms with Crippen LogP contribution in [0.5, 0.6) is 11.5 Å². The van der Waals surface area contributed by atoms with Gasteiger partial charge < -0.3 is 15.2 Å². The van der Waals surface area contributed by atoms with Gasteiger partial charge in [0, 0.05) is 11.5 Å². The molecule has 4 nitrogen and oxygen atoms in total. The molecule has 1 aromatic rings. The molecule has 2 aliphatic rings. The zero-order valence-corrected chi connectivity index (χ0v) is 10.9. The summed E-state index contributed by atoms with van der Waals surface area (Å²) in [6, 6.07) is 5.47. The number of Topliss-reactive ketones (excluding diaryl/α,β-unsaturated/α-hetero) is 1. The topological polar surface area (TPSA) is 61.6 Å². The average molecular weight is 261 g/mol. The minimum Gasteiger partial charge on any atom is -0.486 e. The molecule has 0 radical (unpaired) electrons. The smallest absolute Gasteiger partial charge is 0.166 e. The largest absolute Gasteiger partial charge is 0.486 e. The lowest BCUT2D eigenvalue weighted by Gasteiger charge is -2.20. The Kier molecular flexibility index (Phi) is 3.42. The van der Waals surface area contributed by atoms with Crippen LogP contribution in [-0.4, -0.2) is 25.5 Å². The maximum atomic E-state index is 12.6. The van der Waals surface area contributed by atoms with Gasteiger partial charge in [-0.2, -0.15) is 0 Å². The van der Waals surface area contributed by atoms with Gasteiger partial charge in [0.2, 0.25) is 0 Å². The number of hydrogen-bond acceptors (Lipinski definition) is 4. The zero-order chi connectivity index (χ0) is 13.2. The van der Waals surface area contributed by atoms with Gasteiger partial charge in [-0.25, -0.2) is 0 Å².